The standard InChI is InChI=1S/C11H14N4OS/c1-6-7(2)17-11(12-6)15-10(8-3-4-8)9(5-16)13-14-15/h8,16H,3-5H2,1-2H3. The summed E-state index contributed by atoms with van der Waals surface area (Å²) in [4.78, 5) is 5.69. The summed E-state index contributed by atoms with van der Waals surface area (Å²) < 4.78 is 1.80. The van der Waals surface area contributed by atoms with Crippen molar-refractivity contribution in [3.8, 4) is 5.13 Å². The van der Waals surface area contributed by atoms with Gasteiger partial charge in [0.05, 0.1) is 18.0 Å². The van der Waals surface area contributed by atoms with Gasteiger partial charge in [0.2, 0.25) is 5.13 Å². The van der Waals surface area contributed by atoms with E-state index >= 15 is 0 Å². The zero-order chi connectivity index (χ0) is 12.0. The number of aliphatic hydroxyl groups excluding tert-OH is 1. The Balaban J connectivity index is 2.10. The molecule has 0 bridgehead atoms. The molecule has 0 unspecified atom stereocenters. The summed E-state index contributed by atoms with van der Waals surface area (Å²) in [6.45, 7) is 4.00. The summed E-state index contributed by atoms with van der Waals surface area (Å²) in [7, 11) is 0. The van der Waals surface area contributed by atoms with Crippen molar-refractivity contribution in [1.82, 2.24) is 20.0 Å². The molecule has 0 saturated heterocycles. The van der Waals surface area contributed by atoms with E-state index in [4.69, 9.17) is 0 Å². The molecule has 2 aromatic rings. The SMILES string of the molecule is Cc1nc(-n2nnc(CO)c2C2CC2)sc1C. The van der Waals surface area contributed by atoms with Crippen LogP contribution in [-0.4, -0.2) is 25.1 Å². The smallest absolute Gasteiger partial charge is 0.212 e. The van der Waals surface area contributed by atoms with Gasteiger partial charge in [-0.1, -0.05) is 16.6 Å². The Morgan fingerprint density at radius 3 is 2.71 bits per heavy atom. The van der Waals surface area contributed by atoms with Gasteiger partial charge in [0, 0.05) is 10.8 Å². The lowest BCUT2D eigenvalue weighted by Crippen LogP contribution is -2.02. The number of hydrogen-bond donors (Lipinski definition) is 1. The van der Waals surface area contributed by atoms with Crippen molar-refractivity contribution < 1.29 is 5.11 Å². The third kappa shape index (κ3) is 1.77. The van der Waals surface area contributed by atoms with Gasteiger partial charge >= 0.3 is 0 Å². The zero-order valence-corrected chi connectivity index (χ0v) is 10.7. The molecule has 1 aliphatic carbocycles. The topological polar surface area (TPSA) is 63.8 Å². The minimum Gasteiger partial charge on any atom is -0.390 e. The first-order chi connectivity index (χ1) is 8.20. The first-order valence-electron chi connectivity index (χ1n) is 5.70. The number of aryl methyl sites for hydroxylation is 2. The van der Waals surface area contributed by atoms with Gasteiger partial charge in [-0.3, -0.25) is 0 Å². The Kier molecular flexibility index (Phi) is 2.48. The molecule has 0 spiro atoms. The number of aliphatic hydroxyl groups is 1. The molecule has 1 aliphatic rings. The van der Waals surface area contributed by atoms with Crippen molar-refractivity contribution in [1.29, 1.82) is 0 Å². The Labute approximate surface area is 103 Å². The Morgan fingerprint density at radius 1 is 1.41 bits per heavy atom. The highest BCUT2D eigenvalue weighted by molar-refractivity contribution is 7.14. The molecule has 90 valence electrons. The van der Waals surface area contributed by atoms with E-state index in [1.807, 2.05) is 6.92 Å². The van der Waals surface area contributed by atoms with E-state index in [-0.39, 0.29) is 6.61 Å². The molecule has 3 rings (SSSR count). The maximum atomic E-state index is 9.28. The molecule has 0 atom stereocenters. The van der Waals surface area contributed by atoms with Crippen LogP contribution in [0.3, 0.4) is 0 Å². The summed E-state index contributed by atoms with van der Waals surface area (Å²) >= 11 is 1.62. The fourth-order valence-corrected chi connectivity index (χ4v) is 2.76. The largest absolute Gasteiger partial charge is 0.390 e. The van der Waals surface area contributed by atoms with Crippen molar-refractivity contribution in [3.63, 3.8) is 0 Å². The van der Waals surface area contributed by atoms with Gasteiger partial charge in [-0.2, -0.15) is 4.68 Å². The molecule has 17 heavy (non-hydrogen) atoms. The molecule has 2 aromatic heterocycles. The lowest BCUT2D eigenvalue weighted by atomic mass is 10.2. The third-order valence-electron chi connectivity index (χ3n) is 3.09. The highest BCUT2D eigenvalue weighted by atomic mass is 32.1. The summed E-state index contributed by atoms with van der Waals surface area (Å²) in [6, 6.07) is 0. The van der Waals surface area contributed by atoms with Crippen LogP contribution in [0.2, 0.25) is 0 Å². The van der Waals surface area contributed by atoms with Gasteiger partial charge in [-0.25, -0.2) is 4.98 Å². The van der Waals surface area contributed by atoms with Crippen molar-refractivity contribution in [2.24, 2.45) is 0 Å². The highest BCUT2D eigenvalue weighted by Crippen LogP contribution is 2.42. The Morgan fingerprint density at radius 2 is 2.18 bits per heavy atom. The van der Waals surface area contributed by atoms with Crippen LogP contribution in [0.25, 0.3) is 5.13 Å². The molecule has 1 N–H and O–H groups in total. The zero-order valence-electron chi connectivity index (χ0n) is 9.84. The van der Waals surface area contributed by atoms with Crippen LogP contribution < -0.4 is 0 Å². The van der Waals surface area contributed by atoms with E-state index in [0.717, 1.165) is 29.4 Å². The van der Waals surface area contributed by atoms with E-state index in [1.165, 1.54) is 4.88 Å². The molecule has 5 nitrogen and oxygen atoms in total. The predicted molar refractivity (Wildman–Crippen MR) is 64.4 cm³/mol. The van der Waals surface area contributed by atoms with Gasteiger partial charge in [-0.05, 0) is 26.7 Å². The maximum absolute atomic E-state index is 9.28. The van der Waals surface area contributed by atoms with Crippen molar-refractivity contribution in [2.45, 2.75) is 39.2 Å². The van der Waals surface area contributed by atoms with Crippen LogP contribution in [0.4, 0.5) is 0 Å². The number of aromatic nitrogens is 4. The molecule has 0 aromatic carbocycles. The molecular weight excluding hydrogens is 236 g/mol. The Hall–Kier alpha value is -1.27. The van der Waals surface area contributed by atoms with Crippen LogP contribution >= 0.6 is 11.3 Å². The van der Waals surface area contributed by atoms with E-state index < -0.39 is 0 Å². The number of nitrogens with zero attached hydrogens (tertiary/aromatic N) is 4. The number of rotatable bonds is 3. The summed E-state index contributed by atoms with van der Waals surface area (Å²) in [5, 5.41) is 18.3. The quantitative estimate of drug-likeness (QED) is 0.900. The second kappa shape index (κ2) is 3.89. The summed E-state index contributed by atoms with van der Waals surface area (Å²) in [5.41, 5.74) is 2.77. The predicted octanol–water partition coefficient (Wildman–Crippen LogP) is 1.71. The van der Waals surface area contributed by atoms with Crippen molar-refractivity contribution >= 4 is 11.3 Å². The lowest BCUT2D eigenvalue weighted by molar-refractivity contribution is 0.275. The minimum atomic E-state index is -0.0465. The van der Waals surface area contributed by atoms with E-state index in [2.05, 4.69) is 22.2 Å². The van der Waals surface area contributed by atoms with Crippen LogP contribution in [0.1, 0.15) is 40.7 Å². The van der Waals surface area contributed by atoms with E-state index in [0.29, 0.717) is 11.6 Å². The monoisotopic (exact) mass is 250 g/mol. The number of hydrogen-bond acceptors (Lipinski definition) is 5. The van der Waals surface area contributed by atoms with Crippen molar-refractivity contribution in [2.75, 3.05) is 0 Å². The summed E-state index contributed by atoms with van der Waals surface area (Å²) in [5.74, 6) is 0.497. The lowest BCUT2D eigenvalue weighted by Gasteiger charge is -2.01. The minimum absolute atomic E-state index is 0.0465. The molecule has 0 amide bonds. The second-order valence-electron chi connectivity index (χ2n) is 4.40. The first-order valence-corrected chi connectivity index (χ1v) is 6.52. The molecule has 0 aliphatic heterocycles. The maximum Gasteiger partial charge on any atom is 0.212 e. The van der Waals surface area contributed by atoms with Gasteiger partial charge in [0.1, 0.15) is 5.69 Å². The van der Waals surface area contributed by atoms with Crippen LogP contribution in [-0.2, 0) is 6.61 Å². The normalized spacial score (nSPS) is 15.5. The average Bonchev–Trinajstić information content (AvgIpc) is 2.98. The van der Waals surface area contributed by atoms with Gasteiger partial charge < -0.3 is 5.11 Å². The molecular formula is C11H14N4OS. The van der Waals surface area contributed by atoms with E-state index in [9.17, 15) is 5.11 Å². The average molecular weight is 250 g/mol. The van der Waals surface area contributed by atoms with Crippen molar-refractivity contribution in [3.05, 3.63) is 22.0 Å². The molecule has 2 heterocycles. The molecule has 1 fully saturated rings. The van der Waals surface area contributed by atoms with Crippen LogP contribution in [0.5, 0.6) is 0 Å². The molecule has 0 radical (unpaired) electrons. The van der Waals surface area contributed by atoms with Gasteiger partial charge in [-0.15, -0.1) is 5.10 Å². The second-order valence-corrected chi connectivity index (χ2v) is 5.59. The fraction of sp³-hybridized carbons (Fsp3) is 0.545. The fourth-order valence-electron chi connectivity index (χ4n) is 1.89. The Bertz CT molecular complexity index is 536. The third-order valence-corrected chi connectivity index (χ3v) is 4.14. The highest BCUT2D eigenvalue weighted by Gasteiger charge is 2.32. The molecule has 1 saturated carbocycles. The summed E-state index contributed by atoms with van der Waals surface area (Å²) in [6.07, 6.45) is 2.31. The van der Waals surface area contributed by atoms with Gasteiger partial charge in [0.15, 0.2) is 0 Å². The molecule has 6 heteroatoms. The van der Waals surface area contributed by atoms with Crippen LogP contribution in [0, 0.1) is 13.8 Å². The van der Waals surface area contributed by atoms with Crippen LogP contribution in [0.15, 0.2) is 0 Å². The van der Waals surface area contributed by atoms with E-state index in [1.54, 1.807) is 16.0 Å². The number of thiazole rings is 1. The van der Waals surface area contributed by atoms with Gasteiger partial charge in [0.25, 0.3) is 0 Å². The first kappa shape index (κ1) is 10.9.